The Morgan fingerprint density at radius 1 is 1.57 bits per heavy atom. The molecule has 0 spiro atoms. The number of hydrogen-bond acceptors (Lipinski definition) is 2. The Balaban J connectivity index is 2.59. The molecule has 0 bridgehead atoms. The van der Waals surface area contributed by atoms with Crippen LogP contribution in [0.25, 0.3) is 10.4 Å². The summed E-state index contributed by atoms with van der Waals surface area (Å²) >= 11 is 3.46. The predicted octanol–water partition coefficient (Wildman–Crippen LogP) is 2.96. The Bertz CT molecular complexity index is 364. The quantitative estimate of drug-likeness (QED) is 0.354. The van der Waals surface area contributed by atoms with Gasteiger partial charge in [0.25, 0.3) is 0 Å². The summed E-state index contributed by atoms with van der Waals surface area (Å²) in [6.45, 7) is 5.28. The van der Waals surface area contributed by atoms with Crippen molar-refractivity contribution in [2.75, 3.05) is 6.54 Å². The molecule has 0 unspecified atom stereocenters. The standard InChI is InChI=1S/C8H12BrN5/c1-6-8(9)7(2)14(12-6)5-3-4-11-13-10/h3-5H2,1-2H3. The van der Waals surface area contributed by atoms with Crippen molar-refractivity contribution < 1.29 is 0 Å². The largest absolute Gasteiger partial charge is 0.268 e. The lowest BCUT2D eigenvalue weighted by Gasteiger charge is -2.01. The van der Waals surface area contributed by atoms with Gasteiger partial charge in [0.05, 0.1) is 10.2 Å². The van der Waals surface area contributed by atoms with E-state index in [1.165, 1.54) is 0 Å². The van der Waals surface area contributed by atoms with Crippen molar-refractivity contribution in [3.8, 4) is 0 Å². The Labute approximate surface area is 90.9 Å². The van der Waals surface area contributed by atoms with Gasteiger partial charge in [-0.2, -0.15) is 5.10 Å². The van der Waals surface area contributed by atoms with E-state index in [1.807, 2.05) is 18.5 Å². The van der Waals surface area contributed by atoms with E-state index in [0.717, 1.165) is 28.8 Å². The summed E-state index contributed by atoms with van der Waals surface area (Å²) in [5, 5.41) is 7.82. The molecular weight excluding hydrogens is 246 g/mol. The zero-order valence-corrected chi connectivity index (χ0v) is 9.82. The Morgan fingerprint density at radius 3 is 2.79 bits per heavy atom. The third-order valence-corrected chi connectivity index (χ3v) is 3.13. The molecule has 0 atom stereocenters. The highest BCUT2D eigenvalue weighted by Crippen LogP contribution is 2.19. The summed E-state index contributed by atoms with van der Waals surface area (Å²) in [5.41, 5.74) is 10.2. The van der Waals surface area contributed by atoms with Crippen LogP contribution in [0.5, 0.6) is 0 Å². The van der Waals surface area contributed by atoms with Crippen LogP contribution in [0.1, 0.15) is 17.8 Å². The minimum Gasteiger partial charge on any atom is -0.268 e. The van der Waals surface area contributed by atoms with Crippen molar-refractivity contribution in [1.29, 1.82) is 0 Å². The highest BCUT2D eigenvalue weighted by molar-refractivity contribution is 9.10. The van der Waals surface area contributed by atoms with Crippen molar-refractivity contribution in [2.24, 2.45) is 5.11 Å². The molecule has 76 valence electrons. The molecule has 0 amide bonds. The number of halogens is 1. The summed E-state index contributed by atoms with van der Waals surface area (Å²) < 4.78 is 2.98. The van der Waals surface area contributed by atoms with Gasteiger partial charge in [-0.25, -0.2) is 0 Å². The number of hydrogen-bond donors (Lipinski definition) is 0. The molecule has 14 heavy (non-hydrogen) atoms. The summed E-state index contributed by atoms with van der Waals surface area (Å²) in [6.07, 6.45) is 0.818. The molecule has 0 aromatic carbocycles. The maximum absolute atomic E-state index is 8.09. The van der Waals surface area contributed by atoms with Gasteiger partial charge in [-0.3, -0.25) is 4.68 Å². The van der Waals surface area contributed by atoms with E-state index in [4.69, 9.17) is 5.53 Å². The van der Waals surface area contributed by atoms with Gasteiger partial charge in [0.15, 0.2) is 0 Å². The number of nitrogens with zero attached hydrogens (tertiary/aromatic N) is 5. The van der Waals surface area contributed by atoms with Crippen molar-refractivity contribution in [2.45, 2.75) is 26.8 Å². The second-order valence-corrected chi connectivity index (χ2v) is 3.81. The third kappa shape index (κ3) is 2.49. The first-order chi connectivity index (χ1) is 6.66. The monoisotopic (exact) mass is 257 g/mol. The fourth-order valence-electron chi connectivity index (χ4n) is 1.23. The van der Waals surface area contributed by atoms with Crippen molar-refractivity contribution >= 4 is 15.9 Å². The number of aromatic nitrogens is 2. The van der Waals surface area contributed by atoms with Gasteiger partial charge in [-0.05, 0) is 41.7 Å². The number of aryl methyl sites for hydroxylation is 2. The van der Waals surface area contributed by atoms with Crippen LogP contribution < -0.4 is 0 Å². The first-order valence-corrected chi connectivity index (χ1v) is 5.16. The minimum absolute atomic E-state index is 0.520. The van der Waals surface area contributed by atoms with Gasteiger partial charge in [0.2, 0.25) is 0 Å². The van der Waals surface area contributed by atoms with Gasteiger partial charge >= 0.3 is 0 Å². The van der Waals surface area contributed by atoms with Crippen LogP contribution in [0, 0.1) is 13.8 Å². The van der Waals surface area contributed by atoms with Crippen LogP contribution in [0.15, 0.2) is 9.59 Å². The molecule has 0 fully saturated rings. The lowest BCUT2D eigenvalue weighted by atomic mass is 10.4. The van der Waals surface area contributed by atoms with E-state index in [1.54, 1.807) is 0 Å². The molecule has 1 aromatic heterocycles. The zero-order chi connectivity index (χ0) is 10.6. The second-order valence-electron chi connectivity index (χ2n) is 3.02. The van der Waals surface area contributed by atoms with Crippen LogP contribution in [0.3, 0.4) is 0 Å². The van der Waals surface area contributed by atoms with E-state index in [9.17, 15) is 0 Å². The molecule has 0 N–H and O–H groups in total. The average molecular weight is 258 g/mol. The molecular formula is C8H12BrN5. The van der Waals surface area contributed by atoms with Gasteiger partial charge < -0.3 is 0 Å². The van der Waals surface area contributed by atoms with Gasteiger partial charge in [-0.15, -0.1) is 0 Å². The first kappa shape index (κ1) is 11.1. The molecule has 0 aliphatic rings. The maximum atomic E-state index is 8.09. The number of rotatable bonds is 4. The lowest BCUT2D eigenvalue weighted by Crippen LogP contribution is -2.03. The fraction of sp³-hybridized carbons (Fsp3) is 0.625. The topological polar surface area (TPSA) is 66.6 Å². The van der Waals surface area contributed by atoms with Gasteiger partial charge in [0, 0.05) is 23.7 Å². The predicted molar refractivity (Wildman–Crippen MR) is 58.0 cm³/mol. The molecule has 0 aliphatic carbocycles. The van der Waals surface area contributed by atoms with Crippen LogP contribution in [0.4, 0.5) is 0 Å². The molecule has 0 aliphatic heterocycles. The van der Waals surface area contributed by atoms with E-state index in [2.05, 4.69) is 31.1 Å². The highest BCUT2D eigenvalue weighted by atomic mass is 79.9. The molecule has 1 aromatic rings. The average Bonchev–Trinajstić information content (AvgIpc) is 2.41. The maximum Gasteiger partial charge on any atom is 0.0738 e. The highest BCUT2D eigenvalue weighted by Gasteiger charge is 2.07. The molecule has 5 nitrogen and oxygen atoms in total. The molecule has 0 saturated carbocycles. The van der Waals surface area contributed by atoms with Crippen molar-refractivity contribution in [3.05, 3.63) is 26.3 Å². The summed E-state index contributed by atoms with van der Waals surface area (Å²) in [6, 6.07) is 0. The lowest BCUT2D eigenvalue weighted by molar-refractivity contribution is 0.567. The van der Waals surface area contributed by atoms with Crippen molar-refractivity contribution in [1.82, 2.24) is 9.78 Å². The molecule has 6 heteroatoms. The van der Waals surface area contributed by atoms with Crippen LogP contribution in [-0.4, -0.2) is 16.3 Å². The molecule has 1 rings (SSSR count). The van der Waals surface area contributed by atoms with E-state index in [-0.39, 0.29) is 0 Å². The fourth-order valence-corrected chi connectivity index (χ4v) is 1.51. The molecule has 0 radical (unpaired) electrons. The normalized spacial score (nSPS) is 9.93. The van der Waals surface area contributed by atoms with Gasteiger partial charge in [-0.1, -0.05) is 5.11 Å². The summed E-state index contributed by atoms with van der Waals surface area (Å²) in [5.74, 6) is 0. The second kappa shape index (κ2) is 5.02. The van der Waals surface area contributed by atoms with Crippen LogP contribution >= 0.6 is 15.9 Å². The SMILES string of the molecule is Cc1nn(CCCN=[N+]=[N-])c(C)c1Br. The van der Waals surface area contributed by atoms with Crippen LogP contribution in [-0.2, 0) is 6.54 Å². The summed E-state index contributed by atoms with van der Waals surface area (Å²) in [4.78, 5) is 2.70. The minimum atomic E-state index is 0.520. The Morgan fingerprint density at radius 2 is 2.29 bits per heavy atom. The molecule has 0 saturated heterocycles. The van der Waals surface area contributed by atoms with E-state index in [0.29, 0.717) is 6.54 Å². The van der Waals surface area contributed by atoms with Crippen molar-refractivity contribution in [3.63, 3.8) is 0 Å². The zero-order valence-electron chi connectivity index (χ0n) is 8.24. The Hall–Kier alpha value is -1.00. The summed E-state index contributed by atoms with van der Waals surface area (Å²) in [7, 11) is 0. The third-order valence-electron chi connectivity index (χ3n) is 1.98. The first-order valence-electron chi connectivity index (χ1n) is 4.37. The van der Waals surface area contributed by atoms with E-state index < -0.39 is 0 Å². The number of azide groups is 1. The Kier molecular flexibility index (Phi) is 3.98. The van der Waals surface area contributed by atoms with E-state index >= 15 is 0 Å². The van der Waals surface area contributed by atoms with Gasteiger partial charge in [0.1, 0.15) is 0 Å². The van der Waals surface area contributed by atoms with Crippen LogP contribution in [0.2, 0.25) is 0 Å². The smallest absolute Gasteiger partial charge is 0.0738 e. The molecule has 1 heterocycles.